The maximum absolute atomic E-state index is 12.1. The number of carbonyl (C=O) groups is 1. The number of benzene rings is 1. The molecule has 0 radical (unpaired) electrons. The molecule has 1 N–H and O–H groups in total. The van der Waals surface area contributed by atoms with Crippen molar-refractivity contribution in [2.75, 3.05) is 5.32 Å². The average molecular weight is 296 g/mol. The fourth-order valence-corrected chi connectivity index (χ4v) is 2.69. The topological polar surface area (TPSA) is 29.1 Å². The van der Waals surface area contributed by atoms with E-state index in [9.17, 15) is 4.79 Å². The lowest BCUT2D eigenvalue weighted by atomic mass is 9.88. The molecular weight excluding hydrogens is 278 g/mol. The van der Waals surface area contributed by atoms with E-state index >= 15 is 0 Å². The summed E-state index contributed by atoms with van der Waals surface area (Å²) in [6.07, 6.45) is 5.74. The Labute approximate surface area is 111 Å². The van der Waals surface area contributed by atoms with Crippen LogP contribution in [-0.4, -0.2) is 5.91 Å². The molecule has 0 bridgehead atoms. The highest BCUT2D eigenvalue weighted by Crippen LogP contribution is 2.26. The molecule has 1 saturated carbocycles. The molecule has 1 aliphatic carbocycles. The first-order valence-electron chi connectivity index (χ1n) is 6.24. The van der Waals surface area contributed by atoms with Crippen molar-refractivity contribution in [2.24, 2.45) is 5.92 Å². The number of carbonyl (C=O) groups excluding carboxylic acids is 1. The van der Waals surface area contributed by atoms with Gasteiger partial charge in [0.1, 0.15) is 0 Å². The van der Waals surface area contributed by atoms with Crippen LogP contribution in [0.5, 0.6) is 0 Å². The largest absolute Gasteiger partial charge is 0.326 e. The van der Waals surface area contributed by atoms with Crippen LogP contribution in [0.1, 0.15) is 37.7 Å². The molecule has 1 amide bonds. The first kappa shape index (κ1) is 12.6. The zero-order valence-corrected chi connectivity index (χ0v) is 11.7. The van der Waals surface area contributed by atoms with Crippen LogP contribution in [0.3, 0.4) is 0 Å². The van der Waals surface area contributed by atoms with Crippen molar-refractivity contribution in [3.8, 4) is 0 Å². The quantitative estimate of drug-likeness (QED) is 0.867. The van der Waals surface area contributed by atoms with Gasteiger partial charge >= 0.3 is 0 Å². The van der Waals surface area contributed by atoms with Crippen LogP contribution in [0.15, 0.2) is 22.7 Å². The molecule has 2 nitrogen and oxygen atoms in total. The molecule has 17 heavy (non-hydrogen) atoms. The molecule has 1 aromatic rings. The van der Waals surface area contributed by atoms with Gasteiger partial charge in [0.2, 0.25) is 5.91 Å². The van der Waals surface area contributed by atoms with Gasteiger partial charge in [-0.05, 0) is 37.5 Å². The lowest BCUT2D eigenvalue weighted by molar-refractivity contribution is -0.120. The number of nitrogens with one attached hydrogen (secondary N) is 1. The summed E-state index contributed by atoms with van der Waals surface area (Å²) in [5, 5.41) is 3.05. The lowest BCUT2D eigenvalue weighted by Gasteiger charge is -2.21. The number of rotatable bonds is 2. The number of hydrogen-bond acceptors (Lipinski definition) is 1. The van der Waals surface area contributed by atoms with Crippen LogP contribution in [0.4, 0.5) is 5.69 Å². The third-order valence-electron chi connectivity index (χ3n) is 3.43. The summed E-state index contributed by atoms with van der Waals surface area (Å²) < 4.78 is 1.00. The summed E-state index contributed by atoms with van der Waals surface area (Å²) in [6.45, 7) is 2.02. The molecule has 0 unspecified atom stereocenters. The molecule has 1 aromatic carbocycles. The molecule has 1 aliphatic rings. The van der Waals surface area contributed by atoms with Gasteiger partial charge in [-0.25, -0.2) is 0 Å². The van der Waals surface area contributed by atoms with Crippen LogP contribution in [0, 0.1) is 12.8 Å². The van der Waals surface area contributed by atoms with Gasteiger partial charge in [0.25, 0.3) is 0 Å². The van der Waals surface area contributed by atoms with Crippen molar-refractivity contribution in [1.82, 2.24) is 0 Å². The van der Waals surface area contributed by atoms with Crippen molar-refractivity contribution >= 4 is 27.5 Å². The van der Waals surface area contributed by atoms with Gasteiger partial charge < -0.3 is 5.32 Å². The maximum atomic E-state index is 12.1. The van der Waals surface area contributed by atoms with Crippen LogP contribution in [-0.2, 0) is 4.79 Å². The number of aryl methyl sites for hydroxylation is 1. The van der Waals surface area contributed by atoms with E-state index in [2.05, 4.69) is 21.2 Å². The second kappa shape index (κ2) is 5.67. The normalized spacial score (nSPS) is 16.8. The minimum absolute atomic E-state index is 0.186. The number of anilines is 1. The van der Waals surface area contributed by atoms with Gasteiger partial charge in [0.15, 0.2) is 0 Å². The van der Waals surface area contributed by atoms with Gasteiger partial charge in [-0.2, -0.15) is 0 Å². The SMILES string of the molecule is Cc1ccc(Br)cc1NC(=O)C1CCCCC1. The Balaban J connectivity index is 2.04. The number of halogens is 1. The maximum Gasteiger partial charge on any atom is 0.227 e. The average Bonchev–Trinajstić information content (AvgIpc) is 2.35. The molecule has 0 saturated heterocycles. The third-order valence-corrected chi connectivity index (χ3v) is 3.93. The summed E-state index contributed by atoms with van der Waals surface area (Å²) in [4.78, 5) is 12.1. The standard InChI is InChI=1S/C14H18BrNO/c1-10-7-8-12(15)9-13(10)16-14(17)11-5-3-2-4-6-11/h7-9,11H,2-6H2,1H3,(H,16,17). The highest BCUT2D eigenvalue weighted by atomic mass is 79.9. The number of amides is 1. The molecule has 0 heterocycles. The number of hydrogen-bond donors (Lipinski definition) is 1. The van der Waals surface area contributed by atoms with E-state index in [4.69, 9.17) is 0 Å². The van der Waals surface area contributed by atoms with E-state index in [1.165, 1.54) is 19.3 Å². The molecule has 0 spiro atoms. The summed E-state index contributed by atoms with van der Waals surface area (Å²) in [7, 11) is 0. The van der Waals surface area contributed by atoms with E-state index in [0.29, 0.717) is 0 Å². The summed E-state index contributed by atoms with van der Waals surface area (Å²) >= 11 is 3.43. The molecule has 3 heteroatoms. The molecular formula is C14H18BrNO. The second-order valence-electron chi connectivity index (χ2n) is 4.78. The van der Waals surface area contributed by atoms with Gasteiger partial charge in [0, 0.05) is 16.1 Å². The third kappa shape index (κ3) is 3.32. The molecule has 92 valence electrons. The molecule has 2 rings (SSSR count). The van der Waals surface area contributed by atoms with Crippen molar-refractivity contribution in [2.45, 2.75) is 39.0 Å². The fourth-order valence-electron chi connectivity index (χ4n) is 2.33. The second-order valence-corrected chi connectivity index (χ2v) is 5.70. The predicted octanol–water partition coefficient (Wildman–Crippen LogP) is 4.28. The Hall–Kier alpha value is -0.830. The fraction of sp³-hybridized carbons (Fsp3) is 0.500. The Kier molecular flexibility index (Phi) is 4.21. The van der Waals surface area contributed by atoms with Gasteiger partial charge in [-0.15, -0.1) is 0 Å². The van der Waals surface area contributed by atoms with Crippen LogP contribution in [0.2, 0.25) is 0 Å². The van der Waals surface area contributed by atoms with Gasteiger partial charge in [0.05, 0.1) is 0 Å². The Morgan fingerprint density at radius 1 is 1.29 bits per heavy atom. The van der Waals surface area contributed by atoms with Gasteiger partial charge in [-0.1, -0.05) is 41.3 Å². The zero-order chi connectivity index (χ0) is 12.3. The Bertz CT molecular complexity index is 411. The summed E-state index contributed by atoms with van der Waals surface area (Å²) in [5.74, 6) is 0.396. The van der Waals surface area contributed by atoms with Crippen LogP contribution >= 0.6 is 15.9 Å². The van der Waals surface area contributed by atoms with Crippen molar-refractivity contribution in [3.63, 3.8) is 0 Å². The first-order chi connectivity index (χ1) is 8.16. The minimum Gasteiger partial charge on any atom is -0.326 e. The minimum atomic E-state index is 0.186. The molecule has 0 atom stereocenters. The van der Waals surface area contributed by atoms with E-state index in [1.807, 2.05) is 25.1 Å². The predicted molar refractivity (Wildman–Crippen MR) is 74.1 cm³/mol. The highest BCUT2D eigenvalue weighted by molar-refractivity contribution is 9.10. The smallest absolute Gasteiger partial charge is 0.227 e. The van der Waals surface area contributed by atoms with Gasteiger partial charge in [-0.3, -0.25) is 4.79 Å². The molecule has 1 fully saturated rings. The lowest BCUT2D eigenvalue weighted by Crippen LogP contribution is -2.25. The van der Waals surface area contributed by atoms with Crippen molar-refractivity contribution < 1.29 is 4.79 Å². The summed E-state index contributed by atoms with van der Waals surface area (Å²) in [5.41, 5.74) is 2.03. The molecule has 0 aromatic heterocycles. The zero-order valence-electron chi connectivity index (χ0n) is 10.1. The Morgan fingerprint density at radius 2 is 2.00 bits per heavy atom. The van der Waals surface area contributed by atoms with E-state index in [0.717, 1.165) is 28.6 Å². The van der Waals surface area contributed by atoms with E-state index in [1.54, 1.807) is 0 Å². The first-order valence-corrected chi connectivity index (χ1v) is 7.03. The van der Waals surface area contributed by atoms with E-state index in [-0.39, 0.29) is 11.8 Å². The summed E-state index contributed by atoms with van der Waals surface area (Å²) in [6, 6.07) is 5.97. The molecule has 0 aliphatic heterocycles. The van der Waals surface area contributed by atoms with Crippen molar-refractivity contribution in [3.05, 3.63) is 28.2 Å². The monoisotopic (exact) mass is 295 g/mol. The Morgan fingerprint density at radius 3 is 2.71 bits per heavy atom. The van der Waals surface area contributed by atoms with E-state index < -0.39 is 0 Å². The highest BCUT2D eigenvalue weighted by Gasteiger charge is 2.21. The van der Waals surface area contributed by atoms with Crippen LogP contribution < -0.4 is 5.32 Å². The van der Waals surface area contributed by atoms with Crippen LogP contribution in [0.25, 0.3) is 0 Å². The van der Waals surface area contributed by atoms with Crippen molar-refractivity contribution in [1.29, 1.82) is 0 Å².